The summed E-state index contributed by atoms with van der Waals surface area (Å²) in [4.78, 5) is 15.0. The molecule has 30 heavy (non-hydrogen) atoms. The van der Waals surface area contributed by atoms with E-state index in [1.165, 1.54) is 27.8 Å². The van der Waals surface area contributed by atoms with Gasteiger partial charge in [-0.25, -0.2) is 4.79 Å². The predicted molar refractivity (Wildman–Crippen MR) is 126 cm³/mol. The van der Waals surface area contributed by atoms with E-state index in [-0.39, 0.29) is 6.03 Å². The third-order valence-electron chi connectivity index (χ3n) is 5.49. The van der Waals surface area contributed by atoms with Crippen LogP contribution < -0.4 is 5.32 Å². The third-order valence-corrected chi connectivity index (χ3v) is 5.49. The first-order valence-electron chi connectivity index (χ1n) is 10.6. The van der Waals surface area contributed by atoms with Gasteiger partial charge in [-0.2, -0.15) is 0 Å². The molecular formula is C27H32N2O. The Balaban J connectivity index is 1.70. The van der Waals surface area contributed by atoms with Crippen LogP contribution >= 0.6 is 0 Å². The molecule has 0 aliphatic carbocycles. The zero-order valence-electron chi connectivity index (χ0n) is 18.5. The molecule has 0 saturated heterocycles. The van der Waals surface area contributed by atoms with Crippen molar-refractivity contribution >= 4 is 11.7 Å². The van der Waals surface area contributed by atoms with Gasteiger partial charge in [-0.15, -0.1) is 0 Å². The van der Waals surface area contributed by atoms with Crippen LogP contribution in [0.1, 0.15) is 33.4 Å². The van der Waals surface area contributed by atoms with E-state index in [0.29, 0.717) is 13.1 Å². The topological polar surface area (TPSA) is 32.3 Å². The first-order chi connectivity index (χ1) is 14.4. The molecule has 156 valence electrons. The van der Waals surface area contributed by atoms with E-state index in [1.807, 2.05) is 24.0 Å². The van der Waals surface area contributed by atoms with Crippen LogP contribution in [-0.2, 0) is 12.8 Å². The Labute approximate surface area is 180 Å². The number of amides is 2. The molecule has 1 N–H and O–H groups in total. The lowest BCUT2D eigenvalue weighted by molar-refractivity contribution is 0.213. The Hall–Kier alpha value is -3.07. The van der Waals surface area contributed by atoms with Crippen molar-refractivity contribution in [1.29, 1.82) is 0 Å². The Morgan fingerprint density at radius 2 is 1.17 bits per heavy atom. The minimum absolute atomic E-state index is 0.0406. The van der Waals surface area contributed by atoms with Gasteiger partial charge in [0.1, 0.15) is 0 Å². The lowest BCUT2D eigenvalue weighted by Gasteiger charge is -2.24. The number of anilines is 1. The monoisotopic (exact) mass is 400 g/mol. The maximum atomic E-state index is 13.1. The summed E-state index contributed by atoms with van der Waals surface area (Å²) in [6.07, 6.45) is 1.68. The number of rotatable bonds is 7. The van der Waals surface area contributed by atoms with Crippen LogP contribution in [0.15, 0.2) is 66.7 Å². The zero-order chi connectivity index (χ0) is 21.5. The summed E-state index contributed by atoms with van der Waals surface area (Å²) in [5.41, 5.74) is 8.16. The first-order valence-corrected chi connectivity index (χ1v) is 10.6. The number of hydrogen-bond acceptors (Lipinski definition) is 1. The van der Waals surface area contributed by atoms with E-state index in [0.717, 1.165) is 24.1 Å². The van der Waals surface area contributed by atoms with Gasteiger partial charge in [0.15, 0.2) is 0 Å². The van der Waals surface area contributed by atoms with Gasteiger partial charge in [0.2, 0.25) is 0 Å². The van der Waals surface area contributed by atoms with Crippen molar-refractivity contribution in [3.8, 4) is 0 Å². The maximum Gasteiger partial charge on any atom is 0.321 e. The van der Waals surface area contributed by atoms with Crippen molar-refractivity contribution in [3.05, 3.63) is 100 Å². The zero-order valence-corrected chi connectivity index (χ0v) is 18.5. The second kappa shape index (κ2) is 10.1. The molecule has 0 spiro atoms. The molecule has 0 fully saturated rings. The molecule has 0 aromatic heterocycles. The summed E-state index contributed by atoms with van der Waals surface area (Å²) in [5.74, 6) is 0. The molecule has 0 aliphatic heterocycles. The number of aryl methyl sites for hydroxylation is 4. The molecule has 3 heteroatoms. The third kappa shape index (κ3) is 6.21. The molecule has 2 amide bonds. The molecule has 0 aliphatic rings. The van der Waals surface area contributed by atoms with Gasteiger partial charge in [0.25, 0.3) is 0 Å². The Bertz CT molecular complexity index is 925. The van der Waals surface area contributed by atoms with Gasteiger partial charge in [-0.1, -0.05) is 77.4 Å². The smallest absolute Gasteiger partial charge is 0.321 e. The molecule has 0 bridgehead atoms. The molecule has 0 atom stereocenters. The van der Waals surface area contributed by atoms with E-state index in [2.05, 4.69) is 80.7 Å². The van der Waals surface area contributed by atoms with Crippen molar-refractivity contribution in [2.75, 3.05) is 18.4 Å². The van der Waals surface area contributed by atoms with Crippen molar-refractivity contribution in [3.63, 3.8) is 0 Å². The number of carbonyl (C=O) groups excluding carboxylic acids is 1. The van der Waals surface area contributed by atoms with Crippen LogP contribution in [0.2, 0.25) is 0 Å². The van der Waals surface area contributed by atoms with Crippen LogP contribution in [-0.4, -0.2) is 24.0 Å². The second-order valence-corrected chi connectivity index (χ2v) is 8.21. The van der Waals surface area contributed by atoms with E-state index < -0.39 is 0 Å². The van der Waals surface area contributed by atoms with Crippen LogP contribution in [0, 0.1) is 27.7 Å². The largest absolute Gasteiger partial charge is 0.324 e. The van der Waals surface area contributed by atoms with Gasteiger partial charge >= 0.3 is 6.03 Å². The summed E-state index contributed by atoms with van der Waals surface area (Å²) in [6, 6.07) is 23.2. The standard InChI is InChI=1S/C27H32N2O/c1-20-5-10-24(11-6-20)15-17-29(18-16-25-12-7-21(2)8-13-25)27(30)28-26-14-9-22(3)19-23(26)4/h5-14,19H,15-18H2,1-4H3,(H,28,30). The van der Waals surface area contributed by atoms with Crippen molar-refractivity contribution < 1.29 is 4.79 Å². The van der Waals surface area contributed by atoms with Gasteiger partial charge in [0.05, 0.1) is 0 Å². The SMILES string of the molecule is Cc1ccc(CCN(CCc2ccc(C)cc2)C(=O)Nc2ccc(C)cc2C)cc1. The predicted octanol–water partition coefficient (Wildman–Crippen LogP) is 6.24. The van der Waals surface area contributed by atoms with Gasteiger partial charge < -0.3 is 10.2 Å². The number of benzene rings is 3. The molecule has 3 rings (SSSR count). The molecule has 0 unspecified atom stereocenters. The molecule has 3 nitrogen and oxygen atoms in total. The Morgan fingerprint density at radius 3 is 1.63 bits per heavy atom. The van der Waals surface area contributed by atoms with E-state index >= 15 is 0 Å². The summed E-state index contributed by atoms with van der Waals surface area (Å²) in [7, 11) is 0. The molecule has 3 aromatic carbocycles. The van der Waals surface area contributed by atoms with Crippen molar-refractivity contribution in [2.45, 2.75) is 40.5 Å². The molecular weight excluding hydrogens is 368 g/mol. The lowest BCUT2D eigenvalue weighted by atomic mass is 10.1. The summed E-state index contributed by atoms with van der Waals surface area (Å²) < 4.78 is 0. The maximum absolute atomic E-state index is 13.1. The minimum Gasteiger partial charge on any atom is -0.324 e. The normalized spacial score (nSPS) is 10.7. The van der Waals surface area contributed by atoms with Crippen LogP contribution in [0.4, 0.5) is 10.5 Å². The van der Waals surface area contributed by atoms with Crippen LogP contribution in [0.5, 0.6) is 0 Å². The molecule has 0 heterocycles. The van der Waals surface area contributed by atoms with Crippen molar-refractivity contribution in [1.82, 2.24) is 4.90 Å². The number of nitrogens with zero attached hydrogens (tertiary/aromatic N) is 1. The number of hydrogen-bond donors (Lipinski definition) is 1. The second-order valence-electron chi connectivity index (χ2n) is 8.21. The van der Waals surface area contributed by atoms with E-state index in [9.17, 15) is 4.79 Å². The Morgan fingerprint density at radius 1 is 0.700 bits per heavy atom. The number of carbonyl (C=O) groups is 1. The highest BCUT2D eigenvalue weighted by atomic mass is 16.2. The van der Waals surface area contributed by atoms with Crippen molar-refractivity contribution in [2.24, 2.45) is 0 Å². The molecule has 0 saturated carbocycles. The first kappa shape index (κ1) is 21.6. The average Bonchev–Trinajstić information content (AvgIpc) is 2.72. The number of nitrogens with one attached hydrogen (secondary N) is 1. The Kier molecular flexibility index (Phi) is 7.29. The quantitative estimate of drug-likeness (QED) is 0.500. The molecule has 0 radical (unpaired) electrons. The van der Waals surface area contributed by atoms with Crippen LogP contribution in [0.3, 0.4) is 0 Å². The fourth-order valence-corrected chi connectivity index (χ4v) is 3.50. The average molecular weight is 401 g/mol. The highest BCUT2D eigenvalue weighted by Gasteiger charge is 2.15. The molecule has 3 aromatic rings. The fourth-order valence-electron chi connectivity index (χ4n) is 3.50. The highest BCUT2D eigenvalue weighted by Crippen LogP contribution is 2.17. The number of urea groups is 1. The summed E-state index contributed by atoms with van der Waals surface area (Å²) in [6.45, 7) is 9.65. The van der Waals surface area contributed by atoms with Gasteiger partial charge in [-0.05, 0) is 63.3 Å². The lowest BCUT2D eigenvalue weighted by Crippen LogP contribution is -2.38. The van der Waals surface area contributed by atoms with E-state index in [1.54, 1.807) is 0 Å². The van der Waals surface area contributed by atoms with Crippen LogP contribution in [0.25, 0.3) is 0 Å². The minimum atomic E-state index is -0.0406. The highest BCUT2D eigenvalue weighted by molar-refractivity contribution is 5.90. The van der Waals surface area contributed by atoms with E-state index in [4.69, 9.17) is 0 Å². The summed E-state index contributed by atoms with van der Waals surface area (Å²) in [5, 5.41) is 3.12. The van der Waals surface area contributed by atoms with Gasteiger partial charge in [0, 0.05) is 18.8 Å². The van der Waals surface area contributed by atoms with Gasteiger partial charge in [-0.3, -0.25) is 0 Å². The summed E-state index contributed by atoms with van der Waals surface area (Å²) >= 11 is 0. The fraction of sp³-hybridized carbons (Fsp3) is 0.296.